The lowest BCUT2D eigenvalue weighted by atomic mass is 10.1. The molecule has 0 saturated heterocycles. The summed E-state index contributed by atoms with van der Waals surface area (Å²) in [4.78, 5) is 11.9. The van der Waals surface area contributed by atoms with Gasteiger partial charge in [-0.05, 0) is 30.3 Å². The number of thiophene rings is 1. The van der Waals surface area contributed by atoms with Gasteiger partial charge >= 0.3 is 5.97 Å². The topological polar surface area (TPSA) is 37.3 Å². The van der Waals surface area contributed by atoms with Crippen molar-refractivity contribution in [1.29, 1.82) is 0 Å². The van der Waals surface area contributed by atoms with Crippen LogP contribution < -0.4 is 0 Å². The average molecular weight is 334 g/mol. The Morgan fingerprint density at radius 3 is 2.21 bits per heavy atom. The normalized spacial score (nSPS) is 11.6. The van der Waals surface area contributed by atoms with E-state index in [1.54, 1.807) is 30.3 Å². The SMILES string of the molecule is O=C(O)/C(=C\c1c(Cl)cccc1Cl)c1ccc(Cl)s1. The number of hydrogen-bond acceptors (Lipinski definition) is 2. The minimum Gasteiger partial charge on any atom is -0.478 e. The van der Waals surface area contributed by atoms with Crippen LogP contribution in [0, 0.1) is 0 Å². The maximum atomic E-state index is 11.3. The minimum atomic E-state index is -1.06. The maximum Gasteiger partial charge on any atom is 0.337 e. The average Bonchev–Trinajstić information content (AvgIpc) is 2.74. The van der Waals surface area contributed by atoms with Crippen molar-refractivity contribution in [2.24, 2.45) is 0 Å². The van der Waals surface area contributed by atoms with Crippen LogP contribution in [0.15, 0.2) is 30.3 Å². The van der Waals surface area contributed by atoms with Gasteiger partial charge in [-0.1, -0.05) is 40.9 Å². The van der Waals surface area contributed by atoms with E-state index in [4.69, 9.17) is 34.8 Å². The summed E-state index contributed by atoms with van der Waals surface area (Å²) in [5.74, 6) is -1.06. The first-order valence-corrected chi connectivity index (χ1v) is 7.09. The molecule has 0 amide bonds. The van der Waals surface area contributed by atoms with Crippen LogP contribution in [-0.2, 0) is 4.79 Å². The first kappa shape index (κ1) is 14.4. The summed E-state index contributed by atoms with van der Waals surface area (Å²) in [6, 6.07) is 8.30. The van der Waals surface area contributed by atoms with Crippen LogP contribution in [0.1, 0.15) is 10.4 Å². The zero-order chi connectivity index (χ0) is 14.0. The number of benzene rings is 1. The highest BCUT2D eigenvalue weighted by Gasteiger charge is 2.14. The highest BCUT2D eigenvalue weighted by molar-refractivity contribution is 7.17. The molecule has 19 heavy (non-hydrogen) atoms. The third-order valence-electron chi connectivity index (χ3n) is 2.36. The summed E-state index contributed by atoms with van der Waals surface area (Å²) in [6.45, 7) is 0. The van der Waals surface area contributed by atoms with Crippen molar-refractivity contribution in [2.75, 3.05) is 0 Å². The third kappa shape index (κ3) is 3.31. The lowest BCUT2D eigenvalue weighted by Crippen LogP contribution is -1.98. The second-order valence-electron chi connectivity index (χ2n) is 3.60. The number of carboxylic acids is 1. The van der Waals surface area contributed by atoms with Crippen LogP contribution in [0.5, 0.6) is 0 Å². The van der Waals surface area contributed by atoms with E-state index in [1.807, 2.05) is 0 Å². The molecule has 0 fully saturated rings. The third-order valence-corrected chi connectivity index (χ3v) is 4.28. The standard InChI is InChI=1S/C13H7Cl3O2S/c14-9-2-1-3-10(15)7(9)6-8(13(17)18)11-4-5-12(16)19-11/h1-6H,(H,17,18)/b8-6-. The molecule has 1 heterocycles. The van der Waals surface area contributed by atoms with Gasteiger partial charge in [-0.25, -0.2) is 4.79 Å². The van der Waals surface area contributed by atoms with Crippen molar-refractivity contribution in [3.8, 4) is 0 Å². The Labute approximate surface area is 128 Å². The Kier molecular flexibility index (Phi) is 4.53. The van der Waals surface area contributed by atoms with Crippen LogP contribution >= 0.6 is 46.1 Å². The predicted molar refractivity (Wildman–Crippen MR) is 81.3 cm³/mol. The van der Waals surface area contributed by atoms with Crippen molar-refractivity contribution >= 4 is 63.8 Å². The molecular weight excluding hydrogens is 327 g/mol. The van der Waals surface area contributed by atoms with Crippen molar-refractivity contribution in [3.05, 3.63) is 55.2 Å². The van der Waals surface area contributed by atoms with Gasteiger partial charge in [-0.2, -0.15) is 0 Å². The molecular formula is C13H7Cl3O2S. The molecule has 2 aromatic rings. The molecule has 6 heteroatoms. The van der Waals surface area contributed by atoms with E-state index in [-0.39, 0.29) is 5.57 Å². The molecule has 0 atom stereocenters. The van der Waals surface area contributed by atoms with Crippen LogP contribution in [0.3, 0.4) is 0 Å². The van der Waals surface area contributed by atoms with Gasteiger partial charge in [-0.3, -0.25) is 0 Å². The van der Waals surface area contributed by atoms with E-state index in [9.17, 15) is 9.90 Å². The zero-order valence-corrected chi connectivity index (χ0v) is 12.4. The fourth-order valence-electron chi connectivity index (χ4n) is 1.49. The van der Waals surface area contributed by atoms with Gasteiger partial charge in [0.2, 0.25) is 0 Å². The van der Waals surface area contributed by atoms with Gasteiger partial charge < -0.3 is 5.11 Å². The van der Waals surface area contributed by atoms with Gasteiger partial charge in [0.05, 0.1) is 9.91 Å². The molecule has 0 unspecified atom stereocenters. The Morgan fingerprint density at radius 2 is 1.74 bits per heavy atom. The fourth-order valence-corrected chi connectivity index (χ4v) is 3.05. The van der Waals surface area contributed by atoms with E-state index in [0.717, 1.165) is 0 Å². The molecule has 0 aliphatic rings. The number of carboxylic acid groups (broad SMARTS) is 1. The molecule has 0 radical (unpaired) electrons. The number of halogens is 3. The Morgan fingerprint density at radius 1 is 1.11 bits per heavy atom. The minimum absolute atomic E-state index is 0.104. The fraction of sp³-hybridized carbons (Fsp3) is 0. The summed E-state index contributed by atoms with van der Waals surface area (Å²) in [7, 11) is 0. The number of hydrogen-bond donors (Lipinski definition) is 1. The van der Waals surface area contributed by atoms with Gasteiger partial charge in [0, 0.05) is 20.5 Å². The van der Waals surface area contributed by atoms with E-state index < -0.39 is 5.97 Å². The van der Waals surface area contributed by atoms with Crippen molar-refractivity contribution in [1.82, 2.24) is 0 Å². The molecule has 2 nitrogen and oxygen atoms in total. The first-order valence-electron chi connectivity index (χ1n) is 5.13. The molecule has 0 aliphatic heterocycles. The second-order valence-corrected chi connectivity index (χ2v) is 6.13. The summed E-state index contributed by atoms with van der Waals surface area (Å²) in [5, 5.41) is 10.1. The highest BCUT2D eigenvalue weighted by atomic mass is 35.5. The smallest absolute Gasteiger partial charge is 0.337 e. The quantitative estimate of drug-likeness (QED) is 0.770. The van der Waals surface area contributed by atoms with E-state index in [1.165, 1.54) is 17.4 Å². The van der Waals surface area contributed by atoms with Gasteiger partial charge in [0.1, 0.15) is 0 Å². The largest absolute Gasteiger partial charge is 0.478 e. The predicted octanol–water partition coefficient (Wildman–Crippen LogP) is 5.33. The van der Waals surface area contributed by atoms with E-state index in [2.05, 4.69) is 0 Å². The van der Waals surface area contributed by atoms with Crippen molar-refractivity contribution in [2.45, 2.75) is 0 Å². The van der Waals surface area contributed by atoms with E-state index in [0.29, 0.717) is 24.8 Å². The van der Waals surface area contributed by atoms with Gasteiger partial charge in [0.25, 0.3) is 0 Å². The lowest BCUT2D eigenvalue weighted by Gasteiger charge is -2.04. The van der Waals surface area contributed by atoms with Gasteiger partial charge in [0.15, 0.2) is 0 Å². The molecule has 1 N–H and O–H groups in total. The van der Waals surface area contributed by atoms with Crippen LogP contribution in [0.4, 0.5) is 0 Å². The summed E-state index contributed by atoms with van der Waals surface area (Å²) < 4.78 is 0.521. The molecule has 2 rings (SSSR count). The molecule has 0 saturated carbocycles. The maximum absolute atomic E-state index is 11.3. The van der Waals surface area contributed by atoms with Crippen LogP contribution in [0.2, 0.25) is 14.4 Å². The van der Waals surface area contributed by atoms with Crippen LogP contribution in [0.25, 0.3) is 11.6 Å². The van der Waals surface area contributed by atoms with E-state index >= 15 is 0 Å². The van der Waals surface area contributed by atoms with Gasteiger partial charge in [-0.15, -0.1) is 11.3 Å². The molecule has 0 bridgehead atoms. The summed E-state index contributed by atoms with van der Waals surface area (Å²) in [6.07, 6.45) is 1.45. The number of carbonyl (C=O) groups is 1. The van der Waals surface area contributed by atoms with Crippen molar-refractivity contribution in [3.63, 3.8) is 0 Å². The Bertz CT molecular complexity index is 641. The number of aliphatic carboxylic acids is 1. The number of rotatable bonds is 3. The Balaban J connectivity index is 2.57. The second kappa shape index (κ2) is 5.97. The summed E-state index contributed by atoms with van der Waals surface area (Å²) >= 11 is 19.1. The van der Waals surface area contributed by atoms with Crippen molar-refractivity contribution < 1.29 is 9.90 Å². The van der Waals surface area contributed by atoms with Crippen LogP contribution in [-0.4, -0.2) is 11.1 Å². The first-order chi connectivity index (χ1) is 8.99. The monoisotopic (exact) mass is 332 g/mol. The Hall–Kier alpha value is -1.000. The highest BCUT2D eigenvalue weighted by Crippen LogP contribution is 2.32. The molecule has 1 aromatic carbocycles. The molecule has 0 aliphatic carbocycles. The summed E-state index contributed by atoms with van der Waals surface area (Å²) in [5.41, 5.74) is 0.583. The molecule has 0 spiro atoms. The molecule has 1 aromatic heterocycles. The zero-order valence-electron chi connectivity index (χ0n) is 9.36. The molecule has 98 valence electrons. The lowest BCUT2D eigenvalue weighted by molar-refractivity contribution is -0.130.